The van der Waals surface area contributed by atoms with Crippen LogP contribution in [0.2, 0.25) is 10.0 Å². The maximum absolute atomic E-state index is 6.17. The predicted molar refractivity (Wildman–Crippen MR) is 80.3 cm³/mol. The lowest BCUT2D eigenvalue weighted by molar-refractivity contribution is 0.627. The Bertz CT molecular complexity index is 419. The van der Waals surface area contributed by atoms with Gasteiger partial charge in [-0.15, -0.1) is 0 Å². The fourth-order valence-electron chi connectivity index (χ4n) is 1.23. The predicted octanol–water partition coefficient (Wildman–Crippen LogP) is 4.24. The Balaban J connectivity index is 2.74. The molecule has 0 aliphatic rings. The molecule has 94 valence electrons. The third-order valence-electron chi connectivity index (χ3n) is 2.19. The maximum atomic E-state index is 6.17. The van der Waals surface area contributed by atoms with Crippen LogP contribution in [-0.2, 0) is 0 Å². The number of aryl methyl sites for hydroxylation is 1. The third-order valence-corrected chi connectivity index (χ3v) is 3.24. The van der Waals surface area contributed by atoms with Crippen molar-refractivity contribution in [2.75, 3.05) is 11.9 Å². The quantitative estimate of drug-likeness (QED) is 0.814. The van der Waals surface area contributed by atoms with Gasteiger partial charge in [0.1, 0.15) is 0 Å². The summed E-state index contributed by atoms with van der Waals surface area (Å²) < 4.78 is 0. The maximum Gasteiger partial charge on any atom is 0.170 e. The van der Waals surface area contributed by atoms with Gasteiger partial charge in [-0.3, -0.25) is 0 Å². The summed E-state index contributed by atoms with van der Waals surface area (Å²) in [5.41, 5.74) is 1.62. The van der Waals surface area contributed by atoms with Gasteiger partial charge in [0.25, 0.3) is 0 Å². The summed E-state index contributed by atoms with van der Waals surface area (Å²) in [6.45, 7) is 6.96. The molecule has 0 aliphatic carbocycles. The van der Waals surface area contributed by atoms with Crippen molar-refractivity contribution >= 4 is 46.2 Å². The average Bonchev–Trinajstić information content (AvgIpc) is 2.27. The highest BCUT2D eigenvalue weighted by Crippen LogP contribution is 2.32. The number of rotatable bonds is 3. The molecule has 1 aromatic carbocycles. The van der Waals surface area contributed by atoms with E-state index in [1.165, 1.54) is 0 Å². The van der Waals surface area contributed by atoms with Crippen molar-refractivity contribution in [2.24, 2.45) is 5.92 Å². The van der Waals surface area contributed by atoms with E-state index in [1.54, 1.807) is 6.07 Å². The third kappa shape index (κ3) is 4.34. The van der Waals surface area contributed by atoms with Crippen LogP contribution in [0.25, 0.3) is 0 Å². The first kappa shape index (κ1) is 14.6. The van der Waals surface area contributed by atoms with E-state index in [4.69, 9.17) is 35.4 Å². The Labute approximate surface area is 118 Å². The SMILES string of the molecule is Cc1ccc(Cl)c(NC(=S)NCC(C)C)c1Cl. The highest BCUT2D eigenvalue weighted by molar-refractivity contribution is 7.80. The molecule has 0 unspecified atom stereocenters. The lowest BCUT2D eigenvalue weighted by Crippen LogP contribution is -2.31. The summed E-state index contributed by atoms with van der Waals surface area (Å²) in [5.74, 6) is 0.526. The van der Waals surface area contributed by atoms with Crippen LogP contribution in [0.1, 0.15) is 19.4 Å². The first-order valence-electron chi connectivity index (χ1n) is 5.41. The second-order valence-electron chi connectivity index (χ2n) is 4.28. The lowest BCUT2D eigenvalue weighted by Gasteiger charge is -2.15. The normalized spacial score (nSPS) is 10.5. The molecule has 0 saturated heterocycles. The Morgan fingerprint density at radius 1 is 1.35 bits per heavy atom. The van der Waals surface area contributed by atoms with Crippen molar-refractivity contribution in [3.63, 3.8) is 0 Å². The van der Waals surface area contributed by atoms with Crippen molar-refractivity contribution in [1.82, 2.24) is 5.32 Å². The molecule has 2 nitrogen and oxygen atoms in total. The van der Waals surface area contributed by atoms with E-state index in [0.29, 0.717) is 26.8 Å². The van der Waals surface area contributed by atoms with Crippen LogP contribution in [0.3, 0.4) is 0 Å². The Kier molecular flexibility index (Phi) is 5.50. The van der Waals surface area contributed by atoms with Crippen LogP contribution in [0.5, 0.6) is 0 Å². The summed E-state index contributed by atoms with van der Waals surface area (Å²) in [4.78, 5) is 0. The minimum Gasteiger partial charge on any atom is -0.362 e. The van der Waals surface area contributed by atoms with Gasteiger partial charge in [-0.25, -0.2) is 0 Å². The largest absolute Gasteiger partial charge is 0.362 e. The van der Waals surface area contributed by atoms with Crippen molar-refractivity contribution in [1.29, 1.82) is 0 Å². The van der Waals surface area contributed by atoms with Gasteiger partial charge in [0, 0.05) is 6.54 Å². The summed E-state index contributed by atoms with van der Waals surface area (Å²) in [5, 5.41) is 7.84. The minimum atomic E-state index is 0.526. The monoisotopic (exact) mass is 290 g/mol. The van der Waals surface area contributed by atoms with Crippen LogP contribution in [0.4, 0.5) is 5.69 Å². The molecule has 2 N–H and O–H groups in total. The Morgan fingerprint density at radius 2 is 2.00 bits per heavy atom. The fourth-order valence-corrected chi connectivity index (χ4v) is 1.88. The van der Waals surface area contributed by atoms with E-state index in [9.17, 15) is 0 Å². The number of nitrogens with one attached hydrogen (secondary N) is 2. The molecule has 0 amide bonds. The number of anilines is 1. The van der Waals surface area contributed by atoms with Crippen LogP contribution < -0.4 is 10.6 Å². The number of hydrogen-bond acceptors (Lipinski definition) is 1. The minimum absolute atomic E-state index is 0.526. The molecule has 1 rings (SSSR count). The Morgan fingerprint density at radius 3 is 2.59 bits per heavy atom. The second-order valence-corrected chi connectivity index (χ2v) is 5.48. The van der Waals surface area contributed by atoms with Crippen molar-refractivity contribution in [2.45, 2.75) is 20.8 Å². The zero-order chi connectivity index (χ0) is 13.0. The highest BCUT2D eigenvalue weighted by atomic mass is 35.5. The summed E-state index contributed by atoms with van der Waals surface area (Å²) in [6.07, 6.45) is 0. The van der Waals surface area contributed by atoms with Crippen LogP contribution in [0.15, 0.2) is 12.1 Å². The molecule has 0 radical (unpaired) electrons. The smallest absolute Gasteiger partial charge is 0.170 e. The molecule has 0 aromatic heterocycles. The van der Waals surface area contributed by atoms with Gasteiger partial charge in [0.2, 0.25) is 0 Å². The first-order chi connectivity index (χ1) is 7.91. The number of benzene rings is 1. The first-order valence-corrected chi connectivity index (χ1v) is 6.57. The lowest BCUT2D eigenvalue weighted by atomic mass is 10.2. The highest BCUT2D eigenvalue weighted by Gasteiger charge is 2.09. The molecule has 17 heavy (non-hydrogen) atoms. The molecule has 0 bridgehead atoms. The molecule has 0 spiro atoms. The van der Waals surface area contributed by atoms with Gasteiger partial charge < -0.3 is 10.6 Å². The average molecular weight is 291 g/mol. The number of thiocarbonyl (C=S) groups is 1. The molecule has 0 aliphatic heterocycles. The fraction of sp³-hybridized carbons (Fsp3) is 0.417. The van der Waals surface area contributed by atoms with Crippen molar-refractivity contribution in [3.8, 4) is 0 Å². The molecule has 0 atom stereocenters. The van der Waals surface area contributed by atoms with Gasteiger partial charge in [0.15, 0.2) is 5.11 Å². The number of halogens is 2. The van der Waals surface area contributed by atoms with Gasteiger partial charge >= 0.3 is 0 Å². The number of hydrogen-bond donors (Lipinski definition) is 2. The van der Waals surface area contributed by atoms with Crippen molar-refractivity contribution in [3.05, 3.63) is 27.7 Å². The summed E-state index contributed by atoms with van der Waals surface area (Å²) >= 11 is 17.4. The molecule has 5 heteroatoms. The van der Waals surface area contributed by atoms with Crippen molar-refractivity contribution < 1.29 is 0 Å². The van der Waals surface area contributed by atoms with Crippen LogP contribution in [-0.4, -0.2) is 11.7 Å². The molecule has 0 fully saturated rings. The van der Waals surface area contributed by atoms with E-state index in [2.05, 4.69) is 24.5 Å². The summed E-state index contributed by atoms with van der Waals surface area (Å²) in [6, 6.07) is 3.68. The summed E-state index contributed by atoms with van der Waals surface area (Å²) in [7, 11) is 0. The van der Waals surface area contributed by atoms with Gasteiger partial charge in [-0.05, 0) is 36.7 Å². The standard InChI is InChI=1S/C12H16Cl2N2S/c1-7(2)6-15-12(17)16-11-9(13)5-4-8(3)10(11)14/h4-5,7H,6H2,1-3H3,(H2,15,16,17). The molecular formula is C12H16Cl2N2S. The second kappa shape index (κ2) is 6.43. The van der Waals surface area contributed by atoms with E-state index in [0.717, 1.165) is 12.1 Å². The van der Waals surface area contributed by atoms with Crippen LogP contribution in [0, 0.1) is 12.8 Å². The molecular weight excluding hydrogens is 275 g/mol. The molecule has 0 heterocycles. The topological polar surface area (TPSA) is 24.1 Å². The van der Waals surface area contributed by atoms with E-state index in [-0.39, 0.29) is 0 Å². The Hall–Kier alpha value is -0.510. The molecule has 1 aromatic rings. The van der Waals surface area contributed by atoms with E-state index < -0.39 is 0 Å². The van der Waals surface area contributed by atoms with Gasteiger partial charge in [-0.2, -0.15) is 0 Å². The van der Waals surface area contributed by atoms with Gasteiger partial charge in [0.05, 0.1) is 15.7 Å². The zero-order valence-electron chi connectivity index (χ0n) is 10.1. The van der Waals surface area contributed by atoms with Gasteiger partial charge in [-0.1, -0.05) is 43.1 Å². The van der Waals surface area contributed by atoms with Crippen LogP contribution >= 0.6 is 35.4 Å². The van der Waals surface area contributed by atoms with E-state index in [1.807, 2.05) is 13.0 Å². The zero-order valence-corrected chi connectivity index (χ0v) is 12.4. The molecule has 0 saturated carbocycles. The van der Waals surface area contributed by atoms with E-state index >= 15 is 0 Å².